The van der Waals surface area contributed by atoms with Gasteiger partial charge >= 0.3 is 0 Å². The Balaban J connectivity index is 1.98. The Morgan fingerprint density at radius 3 is 2.06 bits per heavy atom. The first-order valence-electron chi connectivity index (χ1n) is 9.15. The normalized spacial score (nSPS) is 20.4. The Bertz CT molecular complexity index is 1340. The molecule has 31 heavy (non-hydrogen) atoms. The summed E-state index contributed by atoms with van der Waals surface area (Å²) in [4.78, 5) is 26.3. The van der Waals surface area contributed by atoms with E-state index in [1.807, 2.05) is 0 Å². The standard InChI is InChI=1S/C20H18O9S2/c1-30(24,25)28-15-8-13-16(20(15)29-31(2,26)27)10(9-21)7-14-17(13)19(23)12-6-4-3-5-11(12)18(14)22/h3-7,15,20-21H,8-9H2,1-2H3/t15-,20-/m0/s1. The molecule has 2 aromatic carbocycles. The van der Waals surface area contributed by atoms with Crippen LogP contribution < -0.4 is 0 Å². The van der Waals surface area contributed by atoms with Crippen molar-refractivity contribution in [3.8, 4) is 0 Å². The molecule has 0 saturated carbocycles. The molecule has 0 unspecified atom stereocenters. The number of rotatable bonds is 5. The molecule has 164 valence electrons. The van der Waals surface area contributed by atoms with Gasteiger partial charge in [0.1, 0.15) is 12.2 Å². The molecule has 0 saturated heterocycles. The number of hydrogen-bond donors (Lipinski definition) is 1. The Morgan fingerprint density at radius 2 is 1.52 bits per heavy atom. The molecule has 2 aromatic rings. The fraction of sp³-hybridized carbons (Fsp3) is 0.300. The molecule has 4 rings (SSSR count). The van der Waals surface area contributed by atoms with Crippen LogP contribution in [0, 0.1) is 0 Å². The summed E-state index contributed by atoms with van der Waals surface area (Å²) in [6.07, 6.45) is -1.30. The largest absolute Gasteiger partial charge is 0.392 e. The van der Waals surface area contributed by atoms with Crippen molar-refractivity contribution < 1.29 is 39.9 Å². The van der Waals surface area contributed by atoms with Gasteiger partial charge < -0.3 is 5.11 Å². The maximum absolute atomic E-state index is 13.3. The number of aliphatic hydroxyl groups excluding tert-OH is 1. The first kappa shape index (κ1) is 21.8. The third kappa shape index (κ3) is 3.83. The van der Waals surface area contributed by atoms with Gasteiger partial charge in [0.05, 0.1) is 19.1 Å². The molecule has 2 aliphatic rings. The van der Waals surface area contributed by atoms with Gasteiger partial charge in [-0.2, -0.15) is 16.8 Å². The van der Waals surface area contributed by atoms with Gasteiger partial charge in [-0.3, -0.25) is 18.0 Å². The fourth-order valence-electron chi connectivity index (χ4n) is 4.21. The van der Waals surface area contributed by atoms with Gasteiger partial charge in [0, 0.05) is 28.7 Å². The monoisotopic (exact) mass is 466 g/mol. The summed E-state index contributed by atoms with van der Waals surface area (Å²) >= 11 is 0. The van der Waals surface area contributed by atoms with Gasteiger partial charge in [-0.25, -0.2) is 0 Å². The Labute approximate surface area is 178 Å². The molecule has 0 fully saturated rings. The zero-order valence-electron chi connectivity index (χ0n) is 16.5. The average Bonchev–Trinajstić information content (AvgIpc) is 2.99. The van der Waals surface area contributed by atoms with Crippen molar-refractivity contribution in [1.29, 1.82) is 0 Å². The molecule has 11 heteroatoms. The molecular weight excluding hydrogens is 448 g/mol. The average molecular weight is 466 g/mol. The summed E-state index contributed by atoms with van der Waals surface area (Å²) in [6.45, 7) is -0.589. The van der Waals surface area contributed by atoms with Crippen LogP contribution >= 0.6 is 0 Å². The third-order valence-corrected chi connectivity index (χ3v) is 6.38. The van der Waals surface area contributed by atoms with Crippen molar-refractivity contribution in [3.63, 3.8) is 0 Å². The van der Waals surface area contributed by atoms with Crippen LogP contribution in [0.15, 0.2) is 30.3 Å². The van der Waals surface area contributed by atoms with Gasteiger partial charge in [-0.1, -0.05) is 24.3 Å². The van der Waals surface area contributed by atoms with Gasteiger partial charge in [-0.15, -0.1) is 0 Å². The summed E-state index contributed by atoms with van der Waals surface area (Å²) in [5.74, 6) is -0.875. The number of ketones is 2. The topological polar surface area (TPSA) is 141 Å². The lowest BCUT2D eigenvalue weighted by atomic mass is 9.79. The summed E-state index contributed by atoms with van der Waals surface area (Å²) < 4.78 is 57.5. The van der Waals surface area contributed by atoms with Crippen molar-refractivity contribution in [1.82, 2.24) is 0 Å². The van der Waals surface area contributed by atoms with Gasteiger partial charge in [0.15, 0.2) is 11.6 Å². The molecule has 9 nitrogen and oxygen atoms in total. The molecular formula is C20H18O9S2. The van der Waals surface area contributed by atoms with Crippen LogP contribution in [0.4, 0.5) is 0 Å². The van der Waals surface area contributed by atoms with E-state index < -0.39 is 50.6 Å². The number of aliphatic hydroxyl groups is 1. The second-order valence-electron chi connectivity index (χ2n) is 7.48. The molecule has 0 aliphatic heterocycles. The van der Waals surface area contributed by atoms with E-state index >= 15 is 0 Å². The van der Waals surface area contributed by atoms with Crippen LogP contribution in [0.5, 0.6) is 0 Å². The smallest absolute Gasteiger partial charge is 0.265 e. The number of hydrogen-bond acceptors (Lipinski definition) is 9. The lowest BCUT2D eigenvalue weighted by molar-refractivity contribution is 0.0768. The highest BCUT2D eigenvalue weighted by Gasteiger charge is 2.45. The molecule has 0 radical (unpaired) electrons. The summed E-state index contributed by atoms with van der Waals surface area (Å²) in [6, 6.07) is 7.60. The van der Waals surface area contributed by atoms with E-state index in [-0.39, 0.29) is 45.4 Å². The van der Waals surface area contributed by atoms with Gasteiger partial charge in [0.2, 0.25) is 0 Å². The molecule has 0 heterocycles. The first-order chi connectivity index (χ1) is 14.4. The molecule has 0 amide bonds. The van der Waals surface area contributed by atoms with Gasteiger partial charge in [0.25, 0.3) is 20.2 Å². The fourth-order valence-corrected chi connectivity index (χ4v) is 5.43. The van der Waals surface area contributed by atoms with Crippen molar-refractivity contribution in [2.45, 2.75) is 25.2 Å². The Morgan fingerprint density at radius 1 is 0.935 bits per heavy atom. The maximum Gasteiger partial charge on any atom is 0.265 e. The minimum Gasteiger partial charge on any atom is -0.392 e. The van der Waals surface area contributed by atoms with Crippen LogP contribution in [0.3, 0.4) is 0 Å². The van der Waals surface area contributed by atoms with E-state index in [0.29, 0.717) is 0 Å². The van der Waals surface area contributed by atoms with E-state index in [0.717, 1.165) is 12.5 Å². The van der Waals surface area contributed by atoms with Crippen molar-refractivity contribution >= 4 is 31.8 Å². The lowest BCUT2D eigenvalue weighted by Gasteiger charge is -2.23. The van der Waals surface area contributed by atoms with Crippen LogP contribution in [0.1, 0.15) is 54.6 Å². The zero-order chi connectivity index (χ0) is 22.7. The molecule has 0 bridgehead atoms. The second-order valence-corrected chi connectivity index (χ2v) is 10.7. The number of carbonyl (C=O) groups excluding carboxylic acids is 2. The Kier molecular flexibility index (Phi) is 5.14. The van der Waals surface area contributed by atoms with E-state index in [1.54, 1.807) is 12.1 Å². The van der Waals surface area contributed by atoms with Crippen LogP contribution in [-0.4, -0.2) is 52.1 Å². The van der Waals surface area contributed by atoms with Crippen LogP contribution in [0.2, 0.25) is 0 Å². The van der Waals surface area contributed by atoms with Crippen LogP contribution in [-0.2, 0) is 41.6 Å². The lowest BCUT2D eigenvalue weighted by Crippen LogP contribution is -2.26. The summed E-state index contributed by atoms with van der Waals surface area (Å²) in [5, 5.41) is 9.93. The quantitative estimate of drug-likeness (QED) is 0.542. The molecule has 2 atom stereocenters. The third-order valence-electron chi connectivity index (χ3n) is 5.22. The predicted molar refractivity (Wildman–Crippen MR) is 108 cm³/mol. The minimum atomic E-state index is -4.07. The van der Waals surface area contributed by atoms with E-state index in [9.17, 15) is 31.5 Å². The van der Waals surface area contributed by atoms with Crippen LogP contribution in [0.25, 0.3) is 0 Å². The summed E-state index contributed by atoms with van der Waals surface area (Å²) in [5.41, 5.74) is 1.03. The SMILES string of the molecule is CS(=O)(=O)O[C@H]1Cc2c3c(cc(CO)c2[C@H]1OS(C)(=O)=O)C(=O)c1ccccc1C3=O. The van der Waals surface area contributed by atoms with Crippen molar-refractivity contribution in [2.75, 3.05) is 12.5 Å². The highest BCUT2D eigenvalue weighted by Crippen LogP contribution is 2.45. The van der Waals surface area contributed by atoms with E-state index in [2.05, 4.69) is 0 Å². The summed E-state index contributed by atoms with van der Waals surface area (Å²) in [7, 11) is -8.08. The maximum atomic E-state index is 13.3. The second kappa shape index (κ2) is 7.31. The van der Waals surface area contributed by atoms with Crippen molar-refractivity contribution in [2.24, 2.45) is 0 Å². The van der Waals surface area contributed by atoms with Gasteiger partial charge in [-0.05, 0) is 22.8 Å². The highest BCUT2D eigenvalue weighted by molar-refractivity contribution is 7.86. The molecule has 0 spiro atoms. The number of benzene rings is 2. The minimum absolute atomic E-state index is 0.0394. The number of carbonyl (C=O) groups is 2. The highest BCUT2D eigenvalue weighted by atomic mass is 32.2. The zero-order valence-corrected chi connectivity index (χ0v) is 18.1. The molecule has 2 aliphatic carbocycles. The first-order valence-corrected chi connectivity index (χ1v) is 12.8. The predicted octanol–water partition coefficient (Wildman–Crippen LogP) is 0.872. The number of fused-ring (bicyclic) bond motifs is 4. The Hall–Kier alpha value is -2.44. The van der Waals surface area contributed by atoms with E-state index in [1.165, 1.54) is 18.2 Å². The van der Waals surface area contributed by atoms with E-state index in [4.69, 9.17) is 8.37 Å². The molecule has 0 aromatic heterocycles. The van der Waals surface area contributed by atoms with Crippen molar-refractivity contribution in [3.05, 3.63) is 69.3 Å². The molecule has 1 N–H and O–H groups in total.